The summed E-state index contributed by atoms with van der Waals surface area (Å²) in [5.74, 6) is -0.278. The average molecular weight is 427 g/mol. The molecular weight excluding hydrogens is 406 g/mol. The van der Waals surface area contributed by atoms with Gasteiger partial charge in [-0.15, -0.1) is 0 Å². The monoisotopic (exact) mass is 427 g/mol. The Bertz CT molecular complexity index is 1170. The van der Waals surface area contributed by atoms with Crippen molar-refractivity contribution >= 4 is 32.7 Å². The van der Waals surface area contributed by atoms with Crippen LogP contribution in [0.3, 0.4) is 0 Å². The molecule has 0 unspecified atom stereocenters. The third kappa shape index (κ3) is 3.97. The molecule has 9 nitrogen and oxygen atoms in total. The third-order valence-electron chi connectivity index (χ3n) is 5.10. The largest absolute Gasteiger partial charge is 0.339 e. The number of hydrogen-bond donors (Lipinski definition) is 2. The predicted molar refractivity (Wildman–Crippen MR) is 111 cm³/mol. The molecule has 4 rings (SSSR count). The molecule has 156 valence electrons. The minimum Gasteiger partial charge on any atom is -0.339 e. The Labute approximate surface area is 174 Å². The van der Waals surface area contributed by atoms with E-state index in [1.807, 2.05) is 35.2 Å². The molecule has 1 amide bonds. The maximum Gasteiger partial charge on any atom is 0.277 e. The molecule has 0 atom stereocenters. The van der Waals surface area contributed by atoms with Gasteiger partial charge >= 0.3 is 0 Å². The van der Waals surface area contributed by atoms with Crippen LogP contribution in [-0.2, 0) is 10.0 Å². The maximum atomic E-state index is 13.2. The Morgan fingerprint density at radius 3 is 2.43 bits per heavy atom. The molecular formula is C20H21N5O4S. The van der Waals surface area contributed by atoms with Gasteiger partial charge in [0.2, 0.25) is 16.0 Å². The van der Waals surface area contributed by atoms with Crippen LogP contribution >= 0.6 is 0 Å². The van der Waals surface area contributed by atoms with Crippen molar-refractivity contribution in [2.75, 3.05) is 31.1 Å². The minimum absolute atomic E-state index is 0.136. The minimum atomic E-state index is -3.62. The van der Waals surface area contributed by atoms with E-state index < -0.39 is 15.9 Å². The SMILES string of the molecule is O=C(NO)c1cnc(N2CCCN(S(=O)(=O)c3ccc4ccccc4c3)CC2)nc1. The summed E-state index contributed by atoms with van der Waals surface area (Å²) in [6, 6.07) is 12.8. The quantitative estimate of drug-likeness (QED) is 0.480. The molecule has 0 aliphatic carbocycles. The van der Waals surface area contributed by atoms with E-state index in [0.717, 1.165) is 10.8 Å². The van der Waals surface area contributed by atoms with E-state index in [9.17, 15) is 13.2 Å². The molecule has 10 heteroatoms. The topological polar surface area (TPSA) is 116 Å². The molecule has 0 spiro atoms. The van der Waals surface area contributed by atoms with Gasteiger partial charge in [0.1, 0.15) is 0 Å². The van der Waals surface area contributed by atoms with Crippen LogP contribution in [0.5, 0.6) is 0 Å². The summed E-state index contributed by atoms with van der Waals surface area (Å²) in [6.45, 7) is 1.72. The zero-order valence-electron chi connectivity index (χ0n) is 16.1. The summed E-state index contributed by atoms with van der Waals surface area (Å²) < 4.78 is 27.9. The molecule has 2 aromatic carbocycles. The van der Waals surface area contributed by atoms with Crippen molar-refractivity contribution in [2.24, 2.45) is 0 Å². The van der Waals surface area contributed by atoms with E-state index in [2.05, 4.69) is 9.97 Å². The van der Waals surface area contributed by atoms with Crippen LogP contribution in [0.4, 0.5) is 5.95 Å². The van der Waals surface area contributed by atoms with Crippen LogP contribution in [-0.4, -0.2) is 60.0 Å². The maximum absolute atomic E-state index is 13.2. The van der Waals surface area contributed by atoms with Gasteiger partial charge in [-0.25, -0.2) is 23.9 Å². The number of sulfonamides is 1. The number of rotatable bonds is 4. The lowest BCUT2D eigenvalue weighted by atomic mass is 10.1. The van der Waals surface area contributed by atoms with Gasteiger partial charge in [-0.2, -0.15) is 4.31 Å². The van der Waals surface area contributed by atoms with Crippen molar-refractivity contribution in [3.05, 3.63) is 60.4 Å². The summed E-state index contributed by atoms with van der Waals surface area (Å²) in [5, 5.41) is 10.6. The van der Waals surface area contributed by atoms with Gasteiger partial charge in [0.05, 0.1) is 10.5 Å². The summed E-state index contributed by atoms with van der Waals surface area (Å²) in [6.07, 6.45) is 3.26. The van der Waals surface area contributed by atoms with Crippen LogP contribution < -0.4 is 10.4 Å². The average Bonchev–Trinajstić information content (AvgIpc) is 3.05. The number of anilines is 1. The molecule has 2 N–H and O–H groups in total. The van der Waals surface area contributed by atoms with Crippen molar-refractivity contribution in [1.29, 1.82) is 0 Å². The zero-order chi connectivity index (χ0) is 21.1. The molecule has 1 aliphatic heterocycles. The van der Waals surface area contributed by atoms with E-state index >= 15 is 0 Å². The zero-order valence-corrected chi connectivity index (χ0v) is 16.9. The Morgan fingerprint density at radius 2 is 1.70 bits per heavy atom. The lowest BCUT2D eigenvalue weighted by Gasteiger charge is -2.22. The molecule has 30 heavy (non-hydrogen) atoms. The first-order valence-electron chi connectivity index (χ1n) is 9.49. The highest BCUT2D eigenvalue weighted by Crippen LogP contribution is 2.23. The Hall–Kier alpha value is -3.08. The Kier molecular flexibility index (Phi) is 5.62. The molecule has 0 saturated carbocycles. The predicted octanol–water partition coefficient (Wildman–Crippen LogP) is 1.65. The van der Waals surface area contributed by atoms with Crippen LogP contribution in [0.1, 0.15) is 16.8 Å². The lowest BCUT2D eigenvalue weighted by Crippen LogP contribution is -2.35. The van der Waals surface area contributed by atoms with Gasteiger partial charge in [-0.3, -0.25) is 10.0 Å². The Morgan fingerprint density at radius 1 is 0.967 bits per heavy atom. The van der Waals surface area contributed by atoms with E-state index in [4.69, 9.17) is 5.21 Å². The fourth-order valence-electron chi connectivity index (χ4n) is 3.48. The van der Waals surface area contributed by atoms with Crippen molar-refractivity contribution in [3.63, 3.8) is 0 Å². The molecule has 0 bridgehead atoms. The number of benzene rings is 2. The van der Waals surface area contributed by atoms with Crippen LogP contribution in [0.25, 0.3) is 10.8 Å². The van der Waals surface area contributed by atoms with Gasteiger partial charge in [-0.05, 0) is 29.3 Å². The summed E-state index contributed by atoms with van der Waals surface area (Å²) in [4.78, 5) is 21.9. The van der Waals surface area contributed by atoms with Crippen molar-refractivity contribution in [2.45, 2.75) is 11.3 Å². The van der Waals surface area contributed by atoms with E-state index in [0.29, 0.717) is 38.5 Å². The van der Waals surface area contributed by atoms with Crippen molar-refractivity contribution in [3.8, 4) is 0 Å². The van der Waals surface area contributed by atoms with E-state index in [1.165, 1.54) is 22.2 Å². The normalized spacial score (nSPS) is 15.7. The van der Waals surface area contributed by atoms with Crippen LogP contribution in [0.2, 0.25) is 0 Å². The number of amides is 1. The lowest BCUT2D eigenvalue weighted by molar-refractivity contribution is 0.0705. The van der Waals surface area contributed by atoms with Crippen molar-refractivity contribution < 1.29 is 18.4 Å². The first-order valence-corrected chi connectivity index (χ1v) is 10.9. The number of fused-ring (bicyclic) bond motifs is 1. The van der Waals surface area contributed by atoms with Gasteiger partial charge < -0.3 is 4.90 Å². The number of nitrogens with zero attached hydrogens (tertiary/aromatic N) is 4. The van der Waals surface area contributed by atoms with Crippen LogP contribution in [0, 0.1) is 0 Å². The van der Waals surface area contributed by atoms with Gasteiger partial charge in [0.15, 0.2) is 0 Å². The second-order valence-electron chi connectivity index (χ2n) is 6.97. The number of carbonyl (C=O) groups is 1. The van der Waals surface area contributed by atoms with Crippen molar-refractivity contribution in [1.82, 2.24) is 19.8 Å². The number of nitrogens with one attached hydrogen (secondary N) is 1. The highest BCUT2D eigenvalue weighted by molar-refractivity contribution is 7.89. The van der Waals surface area contributed by atoms with Gasteiger partial charge in [-0.1, -0.05) is 30.3 Å². The van der Waals surface area contributed by atoms with Gasteiger partial charge in [0, 0.05) is 38.6 Å². The first-order chi connectivity index (χ1) is 14.5. The molecule has 1 aromatic heterocycles. The molecule has 3 aromatic rings. The van der Waals surface area contributed by atoms with Gasteiger partial charge in [0.25, 0.3) is 5.91 Å². The smallest absolute Gasteiger partial charge is 0.277 e. The second kappa shape index (κ2) is 8.34. The highest BCUT2D eigenvalue weighted by Gasteiger charge is 2.27. The first kappa shape index (κ1) is 20.2. The second-order valence-corrected chi connectivity index (χ2v) is 8.90. The molecule has 1 fully saturated rings. The number of aromatic nitrogens is 2. The highest BCUT2D eigenvalue weighted by atomic mass is 32.2. The fraction of sp³-hybridized carbons (Fsp3) is 0.250. The number of hydrogen-bond acceptors (Lipinski definition) is 7. The Balaban J connectivity index is 1.51. The summed E-state index contributed by atoms with van der Waals surface area (Å²) in [7, 11) is -3.62. The number of hydroxylamine groups is 1. The number of carbonyl (C=O) groups excluding carboxylic acids is 1. The molecule has 1 saturated heterocycles. The third-order valence-corrected chi connectivity index (χ3v) is 6.99. The molecule has 0 radical (unpaired) electrons. The summed E-state index contributed by atoms with van der Waals surface area (Å²) >= 11 is 0. The van der Waals surface area contributed by atoms with Crippen LogP contribution in [0.15, 0.2) is 59.8 Å². The van der Waals surface area contributed by atoms with E-state index in [1.54, 1.807) is 12.1 Å². The molecule has 1 aliphatic rings. The van der Waals surface area contributed by atoms with E-state index in [-0.39, 0.29) is 10.5 Å². The standard InChI is InChI=1S/C20H21N5O4S/c26-19(23-27)17-13-21-20(22-14-17)24-8-3-9-25(11-10-24)30(28,29)18-7-6-15-4-1-2-5-16(15)12-18/h1-2,4-7,12-14,27H,3,8-11H2,(H,23,26). The molecule has 2 heterocycles. The summed E-state index contributed by atoms with van der Waals surface area (Å²) in [5.41, 5.74) is 1.67. The fourth-order valence-corrected chi connectivity index (χ4v) is 4.98.